The molecule has 1 aliphatic carbocycles. The lowest BCUT2D eigenvalue weighted by molar-refractivity contribution is -0.140. The monoisotopic (exact) mass is 654 g/mol. The lowest BCUT2D eigenvalue weighted by atomic mass is 9.90. The maximum absolute atomic E-state index is 13.6. The number of hydrogen-bond acceptors (Lipinski definition) is 6. The molecule has 2 N–H and O–H groups in total. The third kappa shape index (κ3) is 7.69. The van der Waals surface area contributed by atoms with E-state index in [1.54, 1.807) is 21.8 Å². The summed E-state index contributed by atoms with van der Waals surface area (Å²) in [4.78, 5) is 31.1. The van der Waals surface area contributed by atoms with E-state index >= 15 is 0 Å². The number of fused-ring (bicyclic) bond motifs is 1. The predicted octanol–water partition coefficient (Wildman–Crippen LogP) is 7.48. The molecule has 2 aromatic heterocycles. The normalized spacial score (nSPS) is 20.0. The van der Waals surface area contributed by atoms with Gasteiger partial charge in [0.15, 0.2) is 5.15 Å². The van der Waals surface area contributed by atoms with Gasteiger partial charge in [-0.1, -0.05) is 23.2 Å². The number of piperidine rings is 1. The van der Waals surface area contributed by atoms with E-state index in [0.29, 0.717) is 48.4 Å². The number of ether oxygens (including phenoxy) is 1. The lowest BCUT2D eigenvalue weighted by Crippen LogP contribution is -2.42. The number of rotatable bonds is 5. The van der Waals surface area contributed by atoms with Crippen LogP contribution in [0.25, 0.3) is 10.9 Å². The predicted molar refractivity (Wildman–Crippen MR) is 162 cm³/mol. The van der Waals surface area contributed by atoms with Crippen LogP contribution in [0, 0.1) is 0 Å². The van der Waals surface area contributed by atoms with Crippen LogP contribution < -0.4 is 10.6 Å². The van der Waals surface area contributed by atoms with Crippen LogP contribution in [0.4, 0.5) is 23.7 Å². The number of nitrogens with one attached hydrogen (secondary N) is 2. The van der Waals surface area contributed by atoms with Crippen molar-refractivity contribution < 1.29 is 27.5 Å². The van der Waals surface area contributed by atoms with Crippen LogP contribution in [0.1, 0.15) is 81.4 Å². The van der Waals surface area contributed by atoms with Crippen LogP contribution in [0.3, 0.4) is 0 Å². The Hall–Kier alpha value is -3.25. The molecule has 0 bridgehead atoms. The van der Waals surface area contributed by atoms with E-state index in [-0.39, 0.29) is 46.4 Å². The van der Waals surface area contributed by atoms with Gasteiger partial charge < -0.3 is 20.3 Å². The van der Waals surface area contributed by atoms with E-state index in [1.165, 1.54) is 12.1 Å². The van der Waals surface area contributed by atoms with Gasteiger partial charge in [-0.25, -0.2) is 9.78 Å². The summed E-state index contributed by atoms with van der Waals surface area (Å²) < 4.78 is 47.9. The zero-order valence-corrected chi connectivity index (χ0v) is 26.2. The molecule has 1 aromatic carbocycles. The molecule has 0 radical (unpaired) electrons. The lowest BCUT2D eigenvalue weighted by Gasteiger charge is -2.33. The van der Waals surface area contributed by atoms with Crippen molar-refractivity contribution in [2.24, 2.45) is 0 Å². The standard InChI is InChI=1S/C30H35Cl2F3N6O3/c1-29(2,3)44-28(43)40-11-9-20(10-12-40)41-16-22(26(32)39-41)27(42)37-19-6-4-5-18(14-19)36-24-15-25(30(33,34)35)38-23-8-7-17(31)13-21(23)24/h7-8,13,15-16,18-20H,4-6,9-12,14H2,1-3H3,(H,36,38)(H,37,42)/t18-,19+/m0/s1. The summed E-state index contributed by atoms with van der Waals surface area (Å²) >= 11 is 12.5. The number of likely N-dealkylation sites (tertiary alicyclic amines) is 1. The molecule has 1 saturated carbocycles. The van der Waals surface area contributed by atoms with E-state index < -0.39 is 17.5 Å². The molecule has 0 unspecified atom stereocenters. The smallest absolute Gasteiger partial charge is 0.433 e. The zero-order chi connectivity index (χ0) is 31.8. The Labute approximate surface area is 263 Å². The number of anilines is 1. The molecule has 9 nitrogen and oxygen atoms in total. The second-order valence-electron chi connectivity index (χ2n) is 12.4. The Kier molecular flexibility index (Phi) is 9.23. The van der Waals surface area contributed by atoms with Gasteiger partial charge in [-0.3, -0.25) is 9.48 Å². The molecule has 14 heteroatoms. The fraction of sp³-hybridized carbons (Fsp3) is 0.533. The van der Waals surface area contributed by atoms with E-state index in [2.05, 4.69) is 20.7 Å². The van der Waals surface area contributed by atoms with Gasteiger partial charge in [-0.2, -0.15) is 18.3 Å². The minimum atomic E-state index is -4.61. The van der Waals surface area contributed by atoms with Crippen molar-refractivity contribution in [1.82, 2.24) is 25.0 Å². The van der Waals surface area contributed by atoms with Gasteiger partial charge in [0.1, 0.15) is 11.3 Å². The summed E-state index contributed by atoms with van der Waals surface area (Å²) in [5.41, 5.74) is -0.824. The third-order valence-electron chi connectivity index (χ3n) is 7.85. The number of benzene rings is 1. The van der Waals surface area contributed by atoms with Gasteiger partial charge in [0.05, 0.1) is 17.1 Å². The first-order valence-corrected chi connectivity index (χ1v) is 15.4. The van der Waals surface area contributed by atoms with Crippen molar-refractivity contribution >= 4 is 51.8 Å². The summed E-state index contributed by atoms with van der Waals surface area (Å²) in [5, 5.41) is 11.6. The molecule has 0 spiro atoms. The molecule has 2 atom stereocenters. The number of carbonyl (C=O) groups excluding carboxylic acids is 2. The molecule has 44 heavy (non-hydrogen) atoms. The first kappa shape index (κ1) is 32.2. The topological polar surface area (TPSA) is 101 Å². The number of alkyl halides is 3. The summed E-state index contributed by atoms with van der Waals surface area (Å²) in [6, 6.07) is 5.14. The Morgan fingerprint density at radius 2 is 1.73 bits per heavy atom. The van der Waals surface area contributed by atoms with Gasteiger partial charge in [0.25, 0.3) is 5.91 Å². The summed E-state index contributed by atoms with van der Waals surface area (Å²) in [6.07, 6.45) is 0.666. The minimum Gasteiger partial charge on any atom is -0.444 e. The van der Waals surface area contributed by atoms with Crippen LogP contribution in [0.5, 0.6) is 0 Å². The summed E-state index contributed by atoms with van der Waals surface area (Å²) in [6.45, 7) is 6.47. The molecule has 1 saturated heterocycles. The Bertz CT molecular complexity index is 1530. The quantitative estimate of drug-likeness (QED) is 0.296. The second kappa shape index (κ2) is 12.6. The molecule has 2 aliphatic rings. The second-order valence-corrected chi connectivity index (χ2v) is 13.2. The average molecular weight is 656 g/mol. The number of pyridine rings is 1. The molecule has 1 aliphatic heterocycles. The van der Waals surface area contributed by atoms with Gasteiger partial charge >= 0.3 is 12.3 Å². The van der Waals surface area contributed by atoms with Gasteiger partial charge in [0, 0.05) is 47.5 Å². The molecule has 2 amide bonds. The molecule has 2 fully saturated rings. The zero-order valence-electron chi connectivity index (χ0n) is 24.7. The van der Waals surface area contributed by atoms with Crippen LogP contribution in [-0.2, 0) is 10.9 Å². The maximum atomic E-state index is 13.6. The largest absolute Gasteiger partial charge is 0.444 e. The van der Waals surface area contributed by atoms with Crippen molar-refractivity contribution in [3.05, 3.63) is 51.9 Å². The summed E-state index contributed by atoms with van der Waals surface area (Å²) in [5.74, 6) is -0.362. The van der Waals surface area contributed by atoms with Crippen LogP contribution >= 0.6 is 23.2 Å². The molecule has 3 aromatic rings. The van der Waals surface area contributed by atoms with Crippen molar-refractivity contribution in [3.8, 4) is 0 Å². The van der Waals surface area contributed by atoms with E-state index in [1.807, 2.05) is 20.8 Å². The van der Waals surface area contributed by atoms with E-state index in [0.717, 1.165) is 25.3 Å². The highest BCUT2D eigenvalue weighted by atomic mass is 35.5. The minimum absolute atomic E-state index is 0.0266. The van der Waals surface area contributed by atoms with E-state index in [9.17, 15) is 22.8 Å². The first-order valence-electron chi connectivity index (χ1n) is 14.6. The highest BCUT2D eigenvalue weighted by Crippen LogP contribution is 2.35. The Morgan fingerprint density at radius 3 is 2.41 bits per heavy atom. The van der Waals surface area contributed by atoms with Gasteiger partial charge in [0.2, 0.25) is 0 Å². The van der Waals surface area contributed by atoms with Crippen molar-refractivity contribution in [1.29, 1.82) is 0 Å². The number of aromatic nitrogens is 3. The SMILES string of the molecule is CC(C)(C)OC(=O)N1CCC(n2cc(C(=O)N[C@@H]3CCC[C@H](Nc4cc(C(F)(F)F)nc5ccc(Cl)cc45)C3)c(Cl)n2)CC1. The fourth-order valence-corrected chi connectivity index (χ4v) is 6.14. The van der Waals surface area contributed by atoms with Crippen molar-refractivity contribution in [3.63, 3.8) is 0 Å². The van der Waals surface area contributed by atoms with Gasteiger partial charge in [-0.15, -0.1) is 0 Å². The molecular formula is C30H35Cl2F3N6O3. The van der Waals surface area contributed by atoms with Crippen LogP contribution in [0.15, 0.2) is 30.5 Å². The van der Waals surface area contributed by atoms with Gasteiger partial charge in [-0.05, 0) is 83.6 Å². The van der Waals surface area contributed by atoms with Crippen molar-refractivity contribution in [2.45, 2.75) is 89.2 Å². The first-order chi connectivity index (χ1) is 20.7. The highest BCUT2D eigenvalue weighted by molar-refractivity contribution is 6.32. The van der Waals surface area contributed by atoms with Crippen molar-refractivity contribution in [2.75, 3.05) is 18.4 Å². The summed E-state index contributed by atoms with van der Waals surface area (Å²) in [7, 11) is 0. The Balaban J connectivity index is 1.22. The molecule has 238 valence electrons. The van der Waals surface area contributed by atoms with E-state index in [4.69, 9.17) is 27.9 Å². The van der Waals surface area contributed by atoms with Crippen LogP contribution in [0.2, 0.25) is 10.2 Å². The number of nitrogens with zero attached hydrogens (tertiary/aromatic N) is 4. The number of halogens is 5. The third-order valence-corrected chi connectivity index (χ3v) is 8.37. The Morgan fingerprint density at radius 1 is 1.02 bits per heavy atom. The fourth-order valence-electron chi connectivity index (χ4n) is 5.75. The number of carbonyl (C=O) groups is 2. The number of hydrogen-bond donors (Lipinski definition) is 2. The average Bonchev–Trinajstić information content (AvgIpc) is 3.33. The molecule has 5 rings (SSSR count). The molecular weight excluding hydrogens is 620 g/mol. The van der Waals surface area contributed by atoms with Crippen LogP contribution in [-0.4, -0.2) is 62.4 Å². The number of amides is 2. The maximum Gasteiger partial charge on any atom is 0.433 e. The highest BCUT2D eigenvalue weighted by Gasteiger charge is 2.34. The molecule has 3 heterocycles.